The van der Waals surface area contributed by atoms with Gasteiger partial charge in [0.05, 0.1) is 17.3 Å². The largest absolute Gasteiger partial charge is 0.393 e. The zero-order valence-corrected chi connectivity index (χ0v) is 20.6. The highest BCUT2D eigenvalue weighted by Crippen LogP contribution is 2.68. The highest BCUT2D eigenvalue weighted by Gasteiger charge is 2.68. The van der Waals surface area contributed by atoms with Crippen LogP contribution < -0.4 is 0 Å². The molecule has 0 aromatic heterocycles. The lowest BCUT2D eigenvalue weighted by Crippen LogP contribution is -2.67. The number of aliphatic hydroxyl groups is 3. The number of hydrogen-bond acceptors (Lipinski definition) is 3. The second kappa shape index (κ2) is 7.71. The zero-order chi connectivity index (χ0) is 22.8. The molecule has 3 N–H and O–H groups in total. The number of fused-ring (bicyclic) bond motifs is 5. The first-order chi connectivity index (χ1) is 14.4. The van der Waals surface area contributed by atoms with Gasteiger partial charge in [0.2, 0.25) is 0 Å². The standard InChI is InChI=1S/C28H46O3/c1-18(2)19(3)7-8-20(4)22-9-10-23-25(22,5)13-12-24-26(6)14-11-21(29)17-27(26,30)15-16-28(23,24)31/h7-8,15-16,18-24,29-31H,9-14,17H2,1-6H3/t19-,20+,21-,22+,23+,24+,25+,26+,27+,28-/m0/s1. The van der Waals surface area contributed by atoms with Crippen molar-refractivity contribution < 1.29 is 15.3 Å². The maximum Gasteiger partial charge on any atom is 0.0910 e. The molecule has 0 heterocycles. The van der Waals surface area contributed by atoms with Gasteiger partial charge in [-0.15, -0.1) is 0 Å². The molecule has 31 heavy (non-hydrogen) atoms. The van der Waals surface area contributed by atoms with Gasteiger partial charge in [0.1, 0.15) is 0 Å². The highest BCUT2D eigenvalue weighted by atomic mass is 16.3. The Hall–Kier alpha value is -0.640. The number of hydrogen-bond donors (Lipinski definition) is 3. The van der Waals surface area contributed by atoms with Crippen LogP contribution in [0.2, 0.25) is 0 Å². The molecular weight excluding hydrogens is 384 g/mol. The van der Waals surface area contributed by atoms with Crippen LogP contribution in [0.15, 0.2) is 24.3 Å². The first-order valence-electron chi connectivity index (χ1n) is 12.9. The molecular formula is C28H46O3. The molecule has 3 nitrogen and oxygen atoms in total. The van der Waals surface area contributed by atoms with Crippen molar-refractivity contribution in [1.82, 2.24) is 0 Å². The lowest BCUT2D eigenvalue weighted by atomic mass is 9.43. The summed E-state index contributed by atoms with van der Waals surface area (Å²) in [4.78, 5) is 0. The Morgan fingerprint density at radius 3 is 2.26 bits per heavy atom. The van der Waals surface area contributed by atoms with Crippen LogP contribution in [0, 0.1) is 46.3 Å². The number of aliphatic hydroxyl groups excluding tert-OH is 1. The first kappa shape index (κ1) is 23.5. The molecule has 0 aliphatic heterocycles. The fourth-order valence-corrected chi connectivity index (χ4v) is 8.33. The van der Waals surface area contributed by atoms with Crippen LogP contribution in [0.3, 0.4) is 0 Å². The third kappa shape index (κ3) is 3.40. The summed E-state index contributed by atoms with van der Waals surface area (Å²) in [7, 11) is 0. The maximum absolute atomic E-state index is 12.2. The molecule has 0 bridgehead atoms. The second-order valence-electron chi connectivity index (χ2n) is 12.6. The Labute approximate surface area is 190 Å². The SMILES string of the molecule is CC(C)[C@@H](C)C=C[C@@H](C)[C@H]1CC[C@H]2[C@@]3(O)C=C[C@@]4(O)C[C@@H](O)CC[C@]4(C)[C@H]3CC[C@]12C. The smallest absolute Gasteiger partial charge is 0.0910 e. The molecule has 0 unspecified atom stereocenters. The van der Waals surface area contributed by atoms with Crippen molar-refractivity contribution in [3.05, 3.63) is 24.3 Å². The lowest BCUT2D eigenvalue weighted by molar-refractivity contribution is -0.220. The minimum absolute atomic E-state index is 0.0612. The molecule has 10 atom stereocenters. The Balaban J connectivity index is 1.62. The van der Waals surface area contributed by atoms with Crippen molar-refractivity contribution in [3.63, 3.8) is 0 Å². The molecule has 0 radical (unpaired) electrons. The zero-order valence-electron chi connectivity index (χ0n) is 20.6. The van der Waals surface area contributed by atoms with Gasteiger partial charge in [0.15, 0.2) is 0 Å². The van der Waals surface area contributed by atoms with Crippen LogP contribution in [0.5, 0.6) is 0 Å². The van der Waals surface area contributed by atoms with Crippen LogP contribution >= 0.6 is 0 Å². The molecule has 0 spiro atoms. The van der Waals surface area contributed by atoms with Gasteiger partial charge in [-0.05, 0) is 73.5 Å². The summed E-state index contributed by atoms with van der Waals surface area (Å²) in [6.07, 6.45) is 14.4. The van der Waals surface area contributed by atoms with E-state index in [2.05, 4.69) is 53.7 Å². The predicted molar refractivity (Wildman–Crippen MR) is 126 cm³/mol. The summed E-state index contributed by atoms with van der Waals surface area (Å²) in [6.45, 7) is 13.8. The second-order valence-corrected chi connectivity index (χ2v) is 12.6. The summed E-state index contributed by atoms with van der Waals surface area (Å²) < 4.78 is 0. The van der Waals surface area contributed by atoms with E-state index in [1.165, 1.54) is 6.42 Å². The molecule has 3 saturated carbocycles. The third-order valence-corrected chi connectivity index (χ3v) is 10.8. The Morgan fingerprint density at radius 2 is 1.58 bits per heavy atom. The van der Waals surface area contributed by atoms with Gasteiger partial charge in [-0.25, -0.2) is 0 Å². The van der Waals surface area contributed by atoms with E-state index in [0.717, 1.165) is 32.1 Å². The van der Waals surface area contributed by atoms with Crippen molar-refractivity contribution >= 4 is 0 Å². The van der Waals surface area contributed by atoms with E-state index in [-0.39, 0.29) is 22.7 Å². The minimum Gasteiger partial charge on any atom is -0.393 e. The van der Waals surface area contributed by atoms with E-state index in [9.17, 15) is 15.3 Å². The van der Waals surface area contributed by atoms with Crippen molar-refractivity contribution in [2.45, 2.75) is 104 Å². The monoisotopic (exact) mass is 430 g/mol. The summed E-state index contributed by atoms with van der Waals surface area (Å²) in [6, 6.07) is 0. The van der Waals surface area contributed by atoms with Crippen molar-refractivity contribution in [3.8, 4) is 0 Å². The quantitative estimate of drug-likeness (QED) is 0.516. The van der Waals surface area contributed by atoms with E-state index < -0.39 is 17.3 Å². The van der Waals surface area contributed by atoms with Crippen LogP contribution in [0.25, 0.3) is 0 Å². The van der Waals surface area contributed by atoms with Gasteiger partial charge in [-0.3, -0.25) is 0 Å². The first-order valence-corrected chi connectivity index (χ1v) is 12.9. The summed E-state index contributed by atoms with van der Waals surface area (Å²) >= 11 is 0. The van der Waals surface area contributed by atoms with E-state index in [1.807, 2.05) is 12.2 Å². The molecule has 3 fully saturated rings. The van der Waals surface area contributed by atoms with Gasteiger partial charge < -0.3 is 15.3 Å². The number of rotatable bonds is 4. The van der Waals surface area contributed by atoms with Gasteiger partial charge >= 0.3 is 0 Å². The van der Waals surface area contributed by atoms with E-state index in [0.29, 0.717) is 30.1 Å². The maximum atomic E-state index is 12.2. The third-order valence-electron chi connectivity index (χ3n) is 10.8. The average Bonchev–Trinajstić information content (AvgIpc) is 3.05. The molecule has 4 aliphatic rings. The molecule has 0 aromatic carbocycles. The molecule has 4 rings (SSSR count). The molecule has 0 aromatic rings. The lowest BCUT2D eigenvalue weighted by Gasteiger charge is -2.64. The fraction of sp³-hybridized carbons (Fsp3) is 0.857. The Morgan fingerprint density at radius 1 is 0.871 bits per heavy atom. The highest BCUT2D eigenvalue weighted by molar-refractivity contribution is 5.31. The van der Waals surface area contributed by atoms with Gasteiger partial charge in [-0.2, -0.15) is 0 Å². The van der Waals surface area contributed by atoms with E-state index >= 15 is 0 Å². The molecule has 4 aliphatic carbocycles. The summed E-state index contributed by atoms with van der Waals surface area (Å²) in [5, 5.41) is 34.0. The normalized spacial score (nSPS) is 51.4. The van der Waals surface area contributed by atoms with Crippen molar-refractivity contribution in [2.24, 2.45) is 46.3 Å². The molecule has 0 saturated heterocycles. The van der Waals surface area contributed by atoms with E-state index in [1.54, 1.807) is 0 Å². The summed E-state index contributed by atoms with van der Waals surface area (Å²) in [5.41, 5.74) is -2.09. The molecule has 3 heteroatoms. The average molecular weight is 431 g/mol. The van der Waals surface area contributed by atoms with Gasteiger partial charge in [0.25, 0.3) is 0 Å². The topological polar surface area (TPSA) is 60.7 Å². The fourth-order valence-electron chi connectivity index (χ4n) is 8.33. The van der Waals surface area contributed by atoms with Gasteiger partial charge in [-0.1, -0.05) is 65.8 Å². The summed E-state index contributed by atoms with van der Waals surface area (Å²) in [5.74, 6) is 2.66. The number of allylic oxidation sites excluding steroid dienone is 2. The molecule has 176 valence electrons. The minimum atomic E-state index is -1.00. The van der Waals surface area contributed by atoms with Crippen molar-refractivity contribution in [1.29, 1.82) is 0 Å². The van der Waals surface area contributed by atoms with Crippen LogP contribution in [0.4, 0.5) is 0 Å². The molecule has 0 amide bonds. The van der Waals surface area contributed by atoms with Crippen LogP contribution in [-0.4, -0.2) is 32.6 Å². The van der Waals surface area contributed by atoms with E-state index in [4.69, 9.17) is 0 Å². The van der Waals surface area contributed by atoms with Crippen LogP contribution in [-0.2, 0) is 0 Å². The van der Waals surface area contributed by atoms with Crippen molar-refractivity contribution in [2.75, 3.05) is 0 Å². The Bertz CT molecular complexity index is 743. The van der Waals surface area contributed by atoms with Crippen LogP contribution in [0.1, 0.15) is 86.5 Å². The Kier molecular flexibility index (Phi) is 5.84. The predicted octanol–water partition coefficient (Wildman–Crippen LogP) is 5.50. The van der Waals surface area contributed by atoms with Gasteiger partial charge in [0, 0.05) is 17.8 Å².